The molecule has 0 spiro atoms. The molecule has 3 amide bonds. The molecule has 32 heavy (non-hydrogen) atoms. The van der Waals surface area contributed by atoms with Crippen LogP contribution in [-0.4, -0.2) is 85.6 Å². The summed E-state index contributed by atoms with van der Waals surface area (Å²) >= 11 is 0. The number of aromatic nitrogens is 2. The molecule has 0 aliphatic rings. The molecule has 9 N–H and O–H groups in total. The highest BCUT2D eigenvalue weighted by Gasteiger charge is 2.29. The minimum Gasteiger partial charge on any atom is -0.481 e. The van der Waals surface area contributed by atoms with Gasteiger partial charge >= 0.3 is 17.9 Å². The first-order chi connectivity index (χ1) is 15.0. The van der Waals surface area contributed by atoms with Crippen LogP contribution in [0.3, 0.4) is 0 Å². The van der Waals surface area contributed by atoms with Gasteiger partial charge in [0.2, 0.25) is 17.7 Å². The molecule has 3 atom stereocenters. The maximum absolute atomic E-state index is 12.8. The van der Waals surface area contributed by atoms with Crippen LogP contribution in [0.4, 0.5) is 0 Å². The number of H-pyrrole nitrogens is 1. The third-order valence-electron chi connectivity index (χ3n) is 4.04. The van der Waals surface area contributed by atoms with Crippen molar-refractivity contribution in [1.82, 2.24) is 25.9 Å². The summed E-state index contributed by atoms with van der Waals surface area (Å²) in [5.41, 5.74) is 5.92. The lowest BCUT2D eigenvalue weighted by Gasteiger charge is -2.23. The lowest BCUT2D eigenvalue weighted by molar-refractivity contribution is -0.140. The van der Waals surface area contributed by atoms with Gasteiger partial charge in [-0.05, 0) is 6.42 Å². The third kappa shape index (κ3) is 9.66. The lowest BCUT2D eigenvalue weighted by atomic mass is 10.1. The van der Waals surface area contributed by atoms with E-state index in [9.17, 15) is 28.8 Å². The average Bonchev–Trinajstić information content (AvgIpc) is 3.20. The maximum atomic E-state index is 12.8. The van der Waals surface area contributed by atoms with Crippen molar-refractivity contribution in [3.8, 4) is 0 Å². The summed E-state index contributed by atoms with van der Waals surface area (Å²) in [6, 6.07) is -4.19. The molecule has 0 aliphatic carbocycles. The van der Waals surface area contributed by atoms with Gasteiger partial charge in [-0.1, -0.05) is 0 Å². The number of carbonyl (C=O) groups excluding carboxylic acids is 3. The molecule has 0 aliphatic heterocycles. The SMILES string of the molecule is NC(CC(=O)O)C(=O)NC(Cc1cnc[nH]1)C(=O)NC(CCC(=O)O)C(=O)NCC(=O)O. The monoisotopic (exact) mass is 456 g/mol. The predicted octanol–water partition coefficient (Wildman–Crippen LogP) is -3.21. The van der Waals surface area contributed by atoms with E-state index in [1.165, 1.54) is 12.5 Å². The average molecular weight is 456 g/mol. The van der Waals surface area contributed by atoms with E-state index in [-0.39, 0.29) is 12.8 Å². The van der Waals surface area contributed by atoms with E-state index in [0.717, 1.165) is 0 Å². The molecule has 1 aromatic heterocycles. The zero-order valence-corrected chi connectivity index (χ0v) is 16.7. The Hall–Kier alpha value is -4.01. The molecule has 0 saturated heterocycles. The maximum Gasteiger partial charge on any atom is 0.322 e. The summed E-state index contributed by atoms with van der Waals surface area (Å²) in [5, 5.41) is 32.9. The van der Waals surface area contributed by atoms with Gasteiger partial charge in [0, 0.05) is 24.7 Å². The number of carboxylic acids is 3. The number of hydrogen-bond acceptors (Lipinski definition) is 8. The Morgan fingerprint density at radius 3 is 2.12 bits per heavy atom. The Balaban J connectivity index is 2.97. The van der Waals surface area contributed by atoms with Crippen LogP contribution in [0, 0.1) is 0 Å². The van der Waals surface area contributed by atoms with Crippen molar-refractivity contribution in [2.75, 3.05) is 6.54 Å². The normalized spacial score (nSPS) is 13.3. The fraction of sp³-hybridized carbons (Fsp3) is 0.471. The predicted molar refractivity (Wildman–Crippen MR) is 104 cm³/mol. The highest BCUT2D eigenvalue weighted by molar-refractivity contribution is 5.94. The number of nitrogens with zero attached hydrogens (tertiary/aromatic N) is 1. The van der Waals surface area contributed by atoms with Crippen molar-refractivity contribution in [1.29, 1.82) is 0 Å². The van der Waals surface area contributed by atoms with Crippen LogP contribution >= 0.6 is 0 Å². The van der Waals surface area contributed by atoms with Gasteiger partial charge in [0.05, 0.1) is 18.8 Å². The Kier molecular flexibility index (Phi) is 10.3. The van der Waals surface area contributed by atoms with Crippen LogP contribution in [0.5, 0.6) is 0 Å². The summed E-state index contributed by atoms with van der Waals surface area (Å²) in [4.78, 5) is 76.0. The standard InChI is InChI=1S/C17H24N6O9/c18-9(4-13(26)27)15(30)23-11(3-8-5-19-7-21-8)17(32)22-10(1-2-12(24)25)16(31)20-6-14(28)29/h5,7,9-11H,1-4,6,18H2,(H,19,21)(H,20,31)(H,22,32)(H,23,30)(H,24,25)(H,26,27)(H,28,29). The fourth-order valence-electron chi connectivity index (χ4n) is 2.48. The number of nitrogens with one attached hydrogen (secondary N) is 4. The lowest BCUT2D eigenvalue weighted by Crippen LogP contribution is -2.57. The van der Waals surface area contributed by atoms with Gasteiger partial charge in [-0.25, -0.2) is 4.98 Å². The first kappa shape index (κ1) is 26.0. The summed E-state index contributed by atoms with van der Waals surface area (Å²) in [5.74, 6) is -6.71. The molecule has 0 aromatic carbocycles. The van der Waals surface area contributed by atoms with Crippen LogP contribution in [0.15, 0.2) is 12.5 Å². The van der Waals surface area contributed by atoms with E-state index >= 15 is 0 Å². The topological polar surface area (TPSA) is 254 Å². The number of carboxylic acid groups (broad SMARTS) is 3. The van der Waals surface area contributed by atoms with E-state index < -0.39 is 73.1 Å². The zero-order chi connectivity index (χ0) is 24.3. The van der Waals surface area contributed by atoms with Crippen LogP contribution < -0.4 is 21.7 Å². The molecule has 1 heterocycles. The number of rotatable bonds is 14. The van der Waals surface area contributed by atoms with Crippen LogP contribution in [0.25, 0.3) is 0 Å². The van der Waals surface area contributed by atoms with Gasteiger partial charge in [0.25, 0.3) is 0 Å². The Labute approximate surface area is 180 Å². The molecule has 1 rings (SSSR count). The second-order valence-electron chi connectivity index (χ2n) is 6.65. The second kappa shape index (κ2) is 12.6. The molecule has 0 saturated carbocycles. The number of amides is 3. The van der Waals surface area contributed by atoms with Crippen LogP contribution in [0.1, 0.15) is 25.0 Å². The van der Waals surface area contributed by atoms with Gasteiger partial charge < -0.3 is 42.0 Å². The summed E-state index contributed by atoms with van der Waals surface area (Å²) in [7, 11) is 0. The number of aliphatic carboxylic acids is 3. The van der Waals surface area contributed by atoms with Crippen molar-refractivity contribution in [3.05, 3.63) is 18.2 Å². The summed E-state index contributed by atoms with van der Waals surface area (Å²) in [6.45, 7) is -0.753. The molecule has 0 bridgehead atoms. The van der Waals surface area contributed by atoms with E-state index in [2.05, 4.69) is 20.6 Å². The van der Waals surface area contributed by atoms with E-state index in [1.54, 1.807) is 0 Å². The van der Waals surface area contributed by atoms with Gasteiger partial charge in [-0.2, -0.15) is 0 Å². The number of hydrogen-bond donors (Lipinski definition) is 8. The molecule has 3 unspecified atom stereocenters. The molecular weight excluding hydrogens is 432 g/mol. The molecule has 15 heteroatoms. The van der Waals surface area contributed by atoms with Gasteiger partial charge in [-0.15, -0.1) is 0 Å². The van der Waals surface area contributed by atoms with E-state index in [4.69, 9.17) is 21.1 Å². The van der Waals surface area contributed by atoms with Gasteiger partial charge in [0.15, 0.2) is 0 Å². The van der Waals surface area contributed by atoms with Crippen molar-refractivity contribution in [2.45, 2.75) is 43.8 Å². The Morgan fingerprint density at radius 1 is 0.938 bits per heavy atom. The summed E-state index contributed by atoms with van der Waals surface area (Å²) in [6.07, 6.45) is 0.994. The quantitative estimate of drug-likeness (QED) is 0.138. The second-order valence-corrected chi connectivity index (χ2v) is 6.65. The van der Waals surface area contributed by atoms with Gasteiger partial charge in [-0.3, -0.25) is 28.8 Å². The minimum atomic E-state index is -1.45. The highest BCUT2D eigenvalue weighted by atomic mass is 16.4. The zero-order valence-electron chi connectivity index (χ0n) is 16.7. The molecular formula is C17H24N6O9. The summed E-state index contributed by atoms with van der Waals surface area (Å²) < 4.78 is 0. The Morgan fingerprint density at radius 2 is 1.59 bits per heavy atom. The molecule has 15 nitrogen and oxygen atoms in total. The van der Waals surface area contributed by atoms with E-state index in [0.29, 0.717) is 5.69 Å². The van der Waals surface area contributed by atoms with Crippen molar-refractivity contribution in [2.24, 2.45) is 5.73 Å². The number of aromatic amines is 1. The number of carbonyl (C=O) groups is 6. The fourth-order valence-corrected chi connectivity index (χ4v) is 2.48. The smallest absolute Gasteiger partial charge is 0.322 e. The highest BCUT2D eigenvalue weighted by Crippen LogP contribution is 2.04. The Bertz CT molecular complexity index is 842. The molecule has 0 fully saturated rings. The van der Waals surface area contributed by atoms with Crippen molar-refractivity contribution >= 4 is 35.6 Å². The minimum absolute atomic E-state index is 0.139. The first-order valence-electron chi connectivity index (χ1n) is 9.26. The van der Waals surface area contributed by atoms with Crippen LogP contribution in [0.2, 0.25) is 0 Å². The molecule has 0 radical (unpaired) electrons. The number of imidazole rings is 1. The first-order valence-corrected chi connectivity index (χ1v) is 9.26. The van der Waals surface area contributed by atoms with E-state index in [1.807, 2.05) is 5.32 Å². The van der Waals surface area contributed by atoms with Crippen molar-refractivity contribution < 1.29 is 44.1 Å². The largest absolute Gasteiger partial charge is 0.481 e. The molecule has 176 valence electrons. The number of nitrogens with two attached hydrogens (primary N) is 1. The van der Waals surface area contributed by atoms with Crippen molar-refractivity contribution in [3.63, 3.8) is 0 Å². The van der Waals surface area contributed by atoms with Crippen LogP contribution in [-0.2, 0) is 35.2 Å². The third-order valence-corrected chi connectivity index (χ3v) is 4.04. The molecule has 1 aromatic rings. The van der Waals surface area contributed by atoms with Gasteiger partial charge in [0.1, 0.15) is 18.6 Å².